The van der Waals surface area contributed by atoms with Crippen molar-refractivity contribution in [3.8, 4) is 0 Å². The van der Waals surface area contributed by atoms with Crippen LogP contribution in [0, 0.1) is 6.92 Å². The summed E-state index contributed by atoms with van der Waals surface area (Å²) in [5, 5.41) is 22.4. The van der Waals surface area contributed by atoms with Gasteiger partial charge in [0.2, 0.25) is 16.0 Å². The smallest absolute Gasteiger partial charge is 0.346 e. The molecule has 1 aliphatic rings. The lowest BCUT2D eigenvalue weighted by molar-refractivity contribution is -0.137. The van der Waals surface area contributed by atoms with E-state index >= 15 is 0 Å². The van der Waals surface area contributed by atoms with Crippen LogP contribution in [0.4, 0.5) is 24.1 Å². The summed E-state index contributed by atoms with van der Waals surface area (Å²) in [6.45, 7) is 2.54. The molecule has 1 unspecified atom stereocenters. The third kappa shape index (κ3) is 7.16. The van der Waals surface area contributed by atoms with E-state index in [1.54, 1.807) is 24.4 Å². The lowest BCUT2D eigenvalue weighted by atomic mass is 10.1. The summed E-state index contributed by atoms with van der Waals surface area (Å²) < 4.78 is 39.2. The van der Waals surface area contributed by atoms with Crippen LogP contribution in [0.2, 0.25) is 0 Å². The number of hydrogen-bond donors (Lipinski definition) is 2. The lowest BCUT2D eigenvalue weighted by Crippen LogP contribution is -2.23. The number of aromatic nitrogens is 6. The molecule has 1 saturated heterocycles. The molecule has 0 radical (unpaired) electrons. The zero-order valence-corrected chi connectivity index (χ0v) is 22.5. The molecule has 0 bridgehead atoms. The first kappa shape index (κ1) is 28.0. The number of carbonyl (C=O) groups excluding carboxylic acids is 2. The molecule has 1 aliphatic heterocycles. The highest BCUT2D eigenvalue weighted by molar-refractivity contribution is 7.17. The molecule has 5 rings (SSSR count). The van der Waals surface area contributed by atoms with E-state index in [0.717, 1.165) is 35.6 Å². The molecular weight excluding hydrogens is 559 g/mol. The second-order valence-corrected chi connectivity index (χ2v) is 10.3. The number of halogens is 3. The number of nitrogens with zero attached hydrogens (tertiary/aromatic N) is 7. The average molecular weight is 584 g/mol. The summed E-state index contributed by atoms with van der Waals surface area (Å²) in [5.74, 6) is -0.375. The van der Waals surface area contributed by atoms with Crippen molar-refractivity contribution in [3.63, 3.8) is 0 Å². The minimum atomic E-state index is -4.50. The van der Waals surface area contributed by atoms with Crippen molar-refractivity contribution in [3.05, 3.63) is 82.0 Å². The van der Waals surface area contributed by atoms with Gasteiger partial charge in [0.1, 0.15) is 0 Å². The minimum absolute atomic E-state index is 0.0668. The molecule has 0 spiro atoms. The zero-order valence-electron chi connectivity index (χ0n) is 21.7. The number of rotatable bonds is 8. The number of anilines is 2. The normalized spacial score (nSPS) is 15.1. The Morgan fingerprint density at radius 2 is 1.93 bits per heavy atom. The first-order valence-electron chi connectivity index (χ1n) is 12.6. The maximum Gasteiger partial charge on any atom is 0.416 e. The first-order valence-corrected chi connectivity index (χ1v) is 13.4. The molecule has 11 nitrogen and oxygen atoms in total. The molecule has 41 heavy (non-hydrogen) atoms. The van der Waals surface area contributed by atoms with E-state index in [2.05, 4.69) is 41.0 Å². The van der Waals surface area contributed by atoms with Crippen molar-refractivity contribution in [2.24, 2.45) is 0 Å². The van der Waals surface area contributed by atoms with Crippen molar-refractivity contribution in [2.45, 2.75) is 38.4 Å². The maximum absolute atomic E-state index is 13.1. The van der Waals surface area contributed by atoms with Crippen LogP contribution in [-0.2, 0) is 23.9 Å². The van der Waals surface area contributed by atoms with Crippen LogP contribution in [-0.4, -0.2) is 55.3 Å². The van der Waals surface area contributed by atoms with Crippen molar-refractivity contribution in [2.75, 3.05) is 23.3 Å². The van der Waals surface area contributed by atoms with Crippen LogP contribution in [0.1, 0.15) is 50.5 Å². The fourth-order valence-electron chi connectivity index (χ4n) is 4.33. The number of aryl methyl sites for hydroxylation is 1. The third-order valence-corrected chi connectivity index (χ3v) is 7.25. The molecule has 15 heteroatoms. The number of alkyl halides is 3. The van der Waals surface area contributed by atoms with Gasteiger partial charge in [0.05, 0.1) is 29.9 Å². The summed E-state index contributed by atoms with van der Waals surface area (Å²) >= 11 is 1.09. The van der Waals surface area contributed by atoms with Crippen molar-refractivity contribution in [1.82, 2.24) is 35.7 Å². The highest BCUT2D eigenvalue weighted by Crippen LogP contribution is 2.32. The molecule has 0 aromatic carbocycles. The van der Waals surface area contributed by atoms with E-state index in [1.165, 1.54) is 6.92 Å². The second-order valence-electron chi connectivity index (χ2n) is 9.38. The number of pyridine rings is 2. The van der Waals surface area contributed by atoms with Crippen LogP contribution in [0.5, 0.6) is 0 Å². The molecule has 4 aromatic rings. The third-order valence-electron chi connectivity index (χ3n) is 6.27. The summed E-state index contributed by atoms with van der Waals surface area (Å²) in [5.41, 5.74) is 0.899. The lowest BCUT2D eigenvalue weighted by Gasteiger charge is -2.14. The van der Waals surface area contributed by atoms with Gasteiger partial charge in [-0.05, 0) is 49.7 Å². The van der Waals surface area contributed by atoms with Crippen molar-refractivity contribution in [1.29, 1.82) is 0 Å². The van der Waals surface area contributed by atoms with Gasteiger partial charge in [-0.2, -0.15) is 18.3 Å². The SMILES string of the molecule is Cc1cc(C(F)(F)F)cc(CNC(=O)c2nnc(N3CCC(c4ccc(NC(=O)Cc5ccccn5)nn4)C3)s2)n1. The van der Waals surface area contributed by atoms with Gasteiger partial charge in [-0.3, -0.25) is 19.6 Å². The van der Waals surface area contributed by atoms with Crippen LogP contribution < -0.4 is 15.5 Å². The Bertz CT molecular complexity index is 1530. The van der Waals surface area contributed by atoms with Gasteiger partial charge in [0, 0.05) is 36.6 Å². The van der Waals surface area contributed by atoms with E-state index < -0.39 is 17.6 Å². The van der Waals surface area contributed by atoms with E-state index in [4.69, 9.17) is 0 Å². The van der Waals surface area contributed by atoms with Crippen molar-refractivity contribution >= 4 is 34.1 Å². The van der Waals surface area contributed by atoms with Crippen LogP contribution >= 0.6 is 11.3 Å². The van der Waals surface area contributed by atoms with Crippen molar-refractivity contribution < 1.29 is 22.8 Å². The number of carbonyl (C=O) groups is 2. The van der Waals surface area contributed by atoms with E-state index in [9.17, 15) is 22.8 Å². The Kier molecular flexibility index (Phi) is 8.14. The number of nitrogens with one attached hydrogen (secondary N) is 2. The van der Waals surface area contributed by atoms with Gasteiger partial charge >= 0.3 is 6.18 Å². The van der Waals surface area contributed by atoms with Crippen LogP contribution in [0.3, 0.4) is 0 Å². The summed E-state index contributed by atoms with van der Waals surface area (Å²) in [4.78, 5) is 35.0. The summed E-state index contributed by atoms with van der Waals surface area (Å²) in [6.07, 6.45) is -1.96. The first-order chi connectivity index (χ1) is 19.6. The highest BCUT2D eigenvalue weighted by Gasteiger charge is 2.31. The largest absolute Gasteiger partial charge is 0.416 e. The Morgan fingerprint density at radius 3 is 2.66 bits per heavy atom. The predicted octanol–water partition coefficient (Wildman–Crippen LogP) is 3.55. The fraction of sp³-hybridized carbons (Fsp3) is 0.308. The molecule has 1 fully saturated rings. The Hall–Kier alpha value is -4.53. The topological polar surface area (TPSA) is 139 Å². The van der Waals surface area contributed by atoms with E-state index in [1.807, 2.05) is 17.0 Å². The minimum Gasteiger partial charge on any atom is -0.346 e. The molecule has 0 aliphatic carbocycles. The fourth-order valence-corrected chi connectivity index (χ4v) is 5.13. The molecule has 5 heterocycles. The van der Waals surface area contributed by atoms with E-state index in [0.29, 0.717) is 29.7 Å². The second kappa shape index (κ2) is 11.9. The average Bonchev–Trinajstić information content (AvgIpc) is 3.62. The standard InChI is InChI=1S/C26H24F3N9O2S/c1-15-10-17(26(27,28)29)11-19(32-15)13-31-23(40)24-36-37-25(41-24)38-9-7-16(14-38)20-5-6-21(35-34-20)33-22(39)12-18-4-2-3-8-30-18/h2-6,8,10-11,16H,7,9,12-14H2,1H3,(H,31,40)(H,33,35,39). The number of amides is 2. The van der Waals surface area contributed by atoms with Crippen LogP contribution in [0.15, 0.2) is 48.7 Å². The molecule has 0 saturated carbocycles. The maximum atomic E-state index is 13.1. The van der Waals surface area contributed by atoms with Gasteiger partial charge in [-0.25, -0.2) is 0 Å². The Labute approximate surface area is 236 Å². The predicted molar refractivity (Wildman–Crippen MR) is 143 cm³/mol. The summed E-state index contributed by atoms with van der Waals surface area (Å²) in [6, 6.07) is 10.8. The molecule has 2 amide bonds. The van der Waals surface area contributed by atoms with E-state index in [-0.39, 0.29) is 41.2 Å². The quantitative estimate of drug-likeness (QED) is 0.319. The monoisotopic (exact) mass is 583 g/mol. The molecule has 212 valence electrons. The van der Waals surface area contributed by atoms with Gasteiger partial charge in [0.15, 0.2) is 5.82 Å². The van der Waals surface area contributed by atoms with Gasteiger partial charge in [0.25, 0.3) is 5.91 Å². The zero-order chi connectivity index (χ0) is 29.0. The van der Waals surface area contributed by atoms with Gasteiger partial charge in [-0.15, -0.1) is 15.3 Å². The Morgan fingerprint density at radius 1 is 1.07 bits per heavy atom. The number of hydrogen-bond acceptors (Lipinski definition) is 10. The van der Waals surface area contributed by atoms with Gasteiger partial charge < -0.3 is 15.5 Å². The molecule has 4 aromatic heterocycles. The Balaban J connectivity index is 1.13. The molecular formula is C26H24F3N9O2S. The highest BCUT2D eigenvalue weighted by atomic mass is 32.1. The van der Waals surface area contributed by atoms with Crippen LogP contribution in [0.25, 0.3) is 0 Å². The molecule has 1 atom stereocenters. The van der Waals surface area contributed by atoms with Gasteiger partial charge in [-0.1, -0.05) is 17.4 Å². The molecule has 2 N–H and O–H groups in total. The summed E-state index contributed by atoms with van der Waals surface area (Å²) in [7, 11) is 0.